The topological polar surface area (TPSA) is 32.3 Å². The Hall–Kier alpha value is -9.68. The summed E-state index contributed by atoms with van der Waals surface area (Å²) in [5.74, 6) is 0. The summed E-state index contributed by atoms with van der Waals surface area (Å²) < 4.78 is 9.95. The van der Waals surface area contributed by atoms with E-state index in [0.717, 1.165) is 96.0 Å². The third kappa shape index (κ3) is 13.6. The van der Waals surface area contributed by atoms with Gasteiger partial charge in [-0.3, -0.25) is 0 Å². The maximum absolute atomic E-state index is 4.98. The average Bonchev–Trinajstić information content (AvgIpc) is 1.58. The van der Waals surface area contributed by atoms with Crippen LogP contribution in [0.15, 0.2) is 231 Å². The second-order valence-corrected chi connectivity index (χ2v) is 33.5. The first-order valence-corrected chi connectivity index (χ1v) is 43.8. The molecule has 0 atom stereocenters. The van der Waals surface area contributed by atoms with Gasteiger partial charge in [0.2, 0.25) is 0 Å². The monoisotopic (exact) mass is 1470 g/mol. The summed E-state index contributed by atoms with van der Waals surface area (Å²) in [6.45, 7) is 18.9. The minimum Gasteiger partial charge on any atom is -0.310 e. The molecule has 0 spiro atoms. The molecule has 4 aliphatic rings. The van der Waals surface area contributed by atoms with E-state index >= 15 is 0 Å². The van der Waals surface area contributed by atoms with Gasteiger partial charge in [-0.2, -0.15) is 8.75 Å². The van der Waals surface area contributed by atoms with Gasteiger partial charge in [0.15, 0.2) is 0 Å². The average molecular weight is 1480 g/mol. The van der Waals surface area contributed by atoms with Crippen molar-refractivity contribution in [3.63, 3.8) is 0 Å². The Labute approximate surface area is 668 Å². The van der Waals surface area contributed by atoms with Crippen LogP contribution in [0, 0.1) is 0 Å². The summed E-state index contributed by atoms with van der Waals surface area (Å²) >= 11 is 1.29. The molecule has 0 fully saturated rings. The van der Waals surface area contributed by atoms with Gasteiger partial charge in [-0.15, -0.1) is 0 Å². The van der Waals surface area contributed by atoms with E-state index in [1.165, 1.54) is 226 Å². The highest BCUT2D eigenvalue weighted by atomic mass is 32.1. The molecule has 0 N–H and O–H groups in total. The molecule has 0 radical (unpaired) electrons. The lowest BCUT2D eigenvalue weighted by Gasteiger charge is -2.35. The summed E-state index contributed by atoms with van der Waals surface area (Å²) in [7, 11) is 0. The maximum atomic E-state index is 4.98. The number of unbranched alkanes of at least 4 members (excludes halogenated alkanes) is 8. The van der Waals surface area contributed by atoms with Crippen LogP contribution in [0.2, 0.25) is 0 Å². The molecule has 11 aromatic carbocycles. The van der Waals surface area contributed by atoms with Gasteiger partial charge in [0, 0.05) is 66.9 Å². The number of hydrogen-bond donors (Lipinski definition) is 0. The molecule has 0 saturated heterocycles. The predicted molar refractivity (Wildman–Crippen MR) is 479 cm³/mol. The van der Waals surface area contributed by atoms with Gasteiger partial charge in [0.1, 0.15) is 11.0 Å². The normalized spacial score (nSPS) is 14.7. The van der Waals surface area contributed by atoms with Crippen molar-refractivity contribution in [2.75, 3.05) is 9.80 Å². The van der Waals surface area contributed by atoms with Crippen molar-refractivity contribution < 1.29 is 0 Å². The Morgan fingerprint density at radius 1 is 0.243 bits per heavy atom. The lowest BCUT2D eigenvalue weighted by atomic mass is 9.70. The minimum absolute atomic E-state index is 0.0314. The van der Waals surface area contributed by atoms with Crippen molar-refractivity contribution in [2.24, 2.45) is 0 Å². The zero-order chi connectivity index (χ0) is 76.1. The first kappa shape index (κ1) is 75.4. The Bertz CT molecular complexity index is 4750. The number of fused-ring (bicyclic) bond motifs is 13. The highest BCUT2D eigenvalue weighted by Crippen LogP contribution is 2.61. The van der Waals surface area contributed by atoms with Crippen LogP contribution in [0.5, 0.6) is 0 Å². The molecule has 1 heterocycles. The highest BCUT2D eigenvalue weighted by Gasteiger charge is 2.47. The maximum Gasteiger partial charge on any atom is 0.112 e. The molecule has 5 heteroatoms. The van der Waals surface area contributed by atoms with Crippen LogP contribution in [0.1, 0.15) is 276 Å². The van der Waals surface area contributed by atoms with E-state index in [9.17, 15) is 0 Å². The van der Waals surface area contributed by atoms with E-state index in [1.54, 1.807) is 0 Å². The van der Waals surface area contributed by atoms with Gasteiger partial charge < -0.3 is 9.80 Å². The third-order valence-electron chi connectivity index (χ3n) is 26.4. The lowest BCUT2D eigenvalue weighted by Crippen LogP contribution is -2.26. The van der Waals surface area contributed by atoms with E-state index in [4.69, 9.17) is 8.75 Å². The van der Waals surface area contributed by atoms with Gasteiger partial charge in [-0.1, -0.05) is 340 Å². The van der Waals surface area contributed by atoms with Crippen molar-refractivity contribution in [1.29, 1.82) is 0 Å². The fraction of sp³-hybridized carbons (Fsp3) is 0.340. The molecular formula is C106H114N4S. The molecule has 0 saturated carbocycles. The van der Waals surface area contributed by atoms with E-state index < -0.39 is 0 Å². The number of aromatic nitrogens is 2. The number of benzene rings is 11. The van der Waals surface area contributed by atoms with E-state index in [-0.39, 0.29) is 21.7 Å². The highest BCUT2D eigenvalue weighted by molar-refractivity contribution is 7.00. The molecule has 0 unspecified atom stereocenters. The van der Waals surface area contributed by atoms with Crippen molar-refractivity contribution in [3.8, 4) is 44.5 Å². The molecule has 1 aromatic heterocycles. The molecule has 4 aliphatic carbocycles. The second-order valence-electron chi connectivity index (χ2n) is 33.0. The molecule has 564 valence electrons. The van der Waals surface area contributed by atoms with Crippen LogP contribution in [0.3, 0.4) is 0 Å². The number of nitrogens with zero attached hydrogens (tertiary/aromatic N) is 4. The zero-order valence-corrected chi connectivity index (χ0v) is 68.2. The standard InChI is InChI=1S/C106H114N4S/c1-9-17-63-103(64-18-10-2)93-37-29-25-33-85(93)89-59-55-81(71-97(89)103)109(82-56-60-90-86-34-26-30-38-94(86)104(65-19-11-3,66-20-12-4)98(90)72-82)79-51-43-75(44-52-79)41-47-77-49-50-78(102-101(77)107-111-108-102)48-42-76-45-53-80(54-46-76)110(83-57-61-91-87-35-27-31-39-95(87)105(67-21-13-5,68-22-14-6)99(91)73-83)84-58-62-92-88-36-28-32-40-96(88)106(69-23-15-7,70-24-16-8)100(92)74-84/h25-62,71-74H,9-24,63-70H2,1-8H3/b47-41+,48-42+. The summed E-state index contributed by atoms with van der Waals surface area (Å²) in [6, 6.07) is 90.4. The van der Waals surface area contributed by atoms with E-state index in [0.29, 0.717) is 0 Å². The number of anilines is 6. The van der Waals surface area contributed by atoms with Gasteiger partial charge in [0.05, 0.1) is 11.7 Å². The van der Waals surface area contributed by atoms with Gasteiger partial charge >= 0.3 is 0 Å². The van der Waals surface area contributed by atoms with Gasteiger partial charge in [0.25, 0.3) is 0 Å². The first-order chi connectivity index (χ1) is 54.6. The molecule has 16 rings (SSSR count). The van der Waals surface area contributed by atoms with Crippen LogP contribution in [0.25, 0.3) is 79.8 Å². The Morgan fingerprint density at radius 2 is 0.468 bits per heavy atom. The van der Waals surface area contributed by atoms with Crippen LogP contribution in [0.4, 0.5) is 34.1 Å². The quantitative estimate of drug-likeness (QED) is 0.0376. The third-order valence-corrected chi connectivity index (χ3v) is 26.9. The molecular weight excluding hydrogens is 1360 g/mol. The number of rotatable bonds is 34. The first-order valence-electron chi connectivity index (χ1n) is 43.0. The van der Waals surface area contributed by atoms with Crippen molar-refractivity contribution in [3.05, 3.63) is 297 Å². The van der Waals surface area contributed by atoms with Gasteiger partial charge in [-0.05, 0) is 224 Å². The van der Waals surface area contributed by atoms with E-state index in [1.807, 2.05) is 0 Å². The SMILES string of the molecule is CCCCC1(CCCC)c2ccccc2-c2ccc(N(c3ccc(/C=C/c4ccc(/C=C/c5ccc(N(c6ccc7c(c6)C(CCCC)(CCCC)c6ccccc6-7)c6ccc7c(c6)C(CCCC)(CCCC)c6ccccc6-7)cc5)c5nsnc45)cc3)c3ccc4c(c3)C(CCCC)(CCCC)c3ccccc3-4)cc21. The van der Waals surface area contributed by atoms with Crippen molar-refractivity contribution >= 4 is 81.2 Å². The Morgan fingerprint density at radius 3 is 0.712 bits per heavy atom. The van der Waals surface area contributed by atoms with Crippen LogP contribution in [-0.2, 0) is 21.7 Å². The molecule has 0 bridgehead atoms. The van der Waals surface area contributed by atoms with E-state index in [2.05, 4.69) is 320 Å². The second kappa shape index (κ2) is 32.9. The summed E-state index contributed by atoms with van der Waals surface area (Å²) in [6.07, 6.45) is 37.2. The Balaban J connectivity index is 0.725. The summed E-state index contributed by atoms with van der Waals surface area (Å²) in [4.78, 5) is 5.16. The Kier molecular flexibility index (Phi) is 22.4. The summed E-state index contributed by atoms with van der Waals surface area (Å²) in [5.41, 5.74) is 36.6. The fourth-order valence-corrected chi connectivity index (χ4v) is 21.3. The minimum atomic E-state index is -0.0314. The molecule has 4 nitrogen and oxygen atoms in total. The van der Waals surface area contributed by atoms with Crippen LogP contribution >= 0.6 is 11.7 Å². The molecule has 12 aromatic rings. The fourth-order valence-electron chi connectivity index (χ4n) is 20.7. The molecule has 0 aliphatic heterocycles. The van der Waals surface area contributed by atoms with Crippen LogP contribution < -0.4 is 9.80 Å². The van der Waals surface area contributed by atoms with Gasteiger partial charge in [-0.25, -0.2) is 0 Å². The lowest BCUT2D eigenvalue weighted by molar-refractivity contribution is 0.414. The molecule has 111 heavy (non-hydrogen) atoms. The predicted octanol–water partition coefficient (Wildman–Crippen LogP) is 31.6. The van der Waals surface area contributed by atoms with Crippen molar-refractivity contribution in [1.82, 2.24) is 8.75 Å². The molecule has 0 amide bonds. The smallest absolute Gasteiger partial charge is 0.112 e. The largest absolute Gasteiger partial charge is 0.310 e. The summed E-state index contributed by atoms with van der Waals surface area (Å²) in [5, 5.41) is 0. The number of hydrogen-bond acceptors (Lipinski definition) is 5. The zero-order valence-electron chi connectivity index (χ0n) is 67.4. The van der Waals surface area contributed by atoms with Crippen molar-refractivity contribution in [2.45, 2.75) is 231 Å². The van der Waals surface area contributed by atoms with Crippen LogP contribution in [-0.4, -0.2) is 8.75 Å².